The zero-order valence-corrected chi connectivity index (χ0v) is 21.9. The number of rotatable bonds is 12. The van der Waals surface area contributed by atoms with E-state index in [0.717, 1.165) is 30.8 Å². The fourth-order valence-electron chi connectivity index (χ4n) is 4.05. The van der Waals surface area contributed by atoms with Crippen molar-refractivity contribution < 1.29 is 40.1 Å². The fraction of sp³-hybridized carbons (Fsp3) is 0.478. The minimum absolute atomic E-state index is 0. The van der Waals surface area contributed by atoms with Gasteiger partial charge in [-0.3, -0.25) is 24.5 Å². The molecule has 1 saturated heterocycles. The molecule has 1 radical (unpaired) electrons. The molecule has 0 aliphatic carbocycles. The molecule has 3 N–H and O–H groups in total. The molecule has 3 heterocycles. The molecule has 0 bridgehead atoms. The Balaban J connectivity index is 0.00000408. The molecule has 0 aromatic carbocycles. The Bertz CT molecular complexity index is 837. The molecule has 1 aliphatic heterocycles. The van der Waals surface area contributed by atoms with E-state index in [9.17, 15) is 19.6 Å². The summed E-state index contributed by atoms with van der Waals surface area (Å²) in [6, 6.07) is 11.7. The summed E-state index contributed by atoms with van der Waals surface area (Å²) in [5.41, 5.74) is 1.97. The van der Waals surface area contributed by atoms with Crippen LogP contribution in [0.1, 0.15) is 43.5 Å². The molecule has 2 aromatic rings. The van der Waals surface area contributed by atoms with E-state index >= 15 is 0 Å². The largest absolute Gasteiger partial charge is 0.475 e. The molecule has 2 aromatic heterocycles. The van der Waals surface area contributed by atoms with E-state index in [1.165, 1.54) is 4.90 Å². The number of amides is 2. The van der Waals surface area contributed by atoms with Gasteiger partial charge in [0.05, 0.1) is 23.9 Å². The molecular weight excluding hydrogens is 607 g/mol. The van der Waals surface area contributed by atoms with E-state index in [2.05, 4.69) is 20.2 Å². The fourth-order valence-corrected chi connectivity index (χ4v) is 4.05. The van der Waals surface area contributed by atoms with Crippen LogP contribution >= 0.6 is 0 Å². The molecule has 9 nitrogen and oxygen atoms in total. The quantitative estimate of drug-likeness (QED) is 0.232. The van der Waals surface area contributed by atoms with Crippen LogP contribution in [-0.2, 0) is 43.1 Å². The zero-order valence-electron chi connectivity index (χ0n) is 19.2. The molecule has 11 heteroatoms. The van der Waals surface area contributed by atoms with Crippen LogP contribution in [0.15, 0.2) is 48.8 Å². The Morgan fingerprint density at radius 1 is 1.06 bits per heavy atom. The van der Waals surface area contributed by atoms with E-state index < -0.39 is 13.1 Å². The molecule has 1 atom stereocenters. The first-order valence-corrected chi connectivity index (χ1v) is 11.5. The van der Waals surface area contributed by atoms with Crippen molar-refractivity contribution in [3.8, 4) is 0 Å². The summed E-state index contributed by atoms with van der Waals surface area (Å²) < 4.78 is 0. The average molecular weight is 640 g/mol. The van der Waals surface area contributed by atoms with Crippen LogP contribution in [-0.4, -0.2) is 74.3 Å². The molecule has 1 unspecified atom stereocenters. The van der Waals surface area contributed by atoms with E-state index in [1.54, 1.807) is 12.4 Å². The first kappa shape index (κ1) is 28.1. The molecule has 2 amide bonds. The van der Waals surface area contributed by atoms with E-state index in [1.807, 2.05) is 36.4 Å². The van der Waals surface area contributed by atoms with Crippen molar-refractivity contribution in [2.45, 2.75) is 51.1 Å². The minimum Gasteiger partial charge on any atom is -0.426 e. The van der Waals surface area contributed by atoms with Crippen molar-refractivity contribution >= 4 is 18.9 Å². The second-order valence-electron chi connectivity index (χ2n) is 8.30. The second-order valence-corrected chi connectivity index (χ2v) is 8.30. The number of pyridine rings is 2. The van der Waals surface area contributed by atoms with E-state index in [-0.39, 0.29) is 38.8 Å². The third-order valence-corrected chi connectivity index (χ3v) is 5.75. The third-order valence-electron chi connectivity index (χ3n) is 5.75. The van der Waals surface area contributed by atoms with Gasteiger partial charge < -0.3 is 20.3 Å². The Kier molecular flexibility index (Phi) is 12.4. The predicted molar refractivity (Wildman–Crippen MR) is 124 cm³/mol. The number of unbranched alkanes of at least 4 members (excludes halogenated alkanes) is 1. The maximum Gasteiger partial charge on any atom is 0.475 e. The normalized spacial score (nSPS) is 15.1. The smallest absolute Gasteiger partial charge is 0.426 e. The summed E-state index contributed by atoms with van der Waals surface area (Å²) >= 11 is 0. The third kappa shape index (κ3) is 9.24. The van der Waals surface area contributed by atoms with Gasteiger partial charge in [-0.05, 0) is 56.5 Å². The van der Waals surface area contributed by atoms with Crippen molar-refractivity contribution in [2.24, 2.45) is 0 Å². The van der Waals surface area contributed by atoms with Gasteiger partial charge in [-0.1, -0.05) is 12.1 Å². The van der Waals surface area contributed by atoms with Gasteiger partial charge in [0.15, 0.2) is 0 Å². The number of nitrogens with zero attached hydrogens (tertiary/aromatic N) is 4. The SMILES string of the molecule is O=C(CCCCN(Cc1ccccn1)Cc1ccccn1)NCC(=O)N1CCCC1B(O)O.[Re]. The Hall–Kier alpha value is -2.15. The second kappa shape index (κ2) is 15.0. The van der Waals surface area contributed by atoms with Crippen LogP contribution in [0, 0.1) is 0 Å². The van der Waals surface area contributed by atoms with Gasteiger partial charge in [0.1, 0.15) is 0 Å². The zero-order chi connectivity index (χ0) is 23.5. The molecular formula is C23H32BN5O4Re. The molecule has 183 valence electrons. The number of aromatic nitrogens is 2. The van der Waals surface area contributed by atoms with Crippen molar-refractivity contribution in [3.63, 3.8) is 0 Å². The number of hydrogen-bond donors (Lipinski definition) is 3. The number of hydrogen-bond acceptors (Lipinski definition) is 7. The van der Waals surface area contributed by atoms with Crippen LogP contribution in [0.4, 0.5) is 0 Å². The van der Waals surface area contributed by atoms with Crippen LogP contribution in [0.3, 0.4) is 0 Å². The van der Waals surface area contributed by atoms with Gasteiger partial charge in [-0.15, -0.1) is 0 Å². The Morgan fingerprint density at radius 3 is 2.26 bits per heavy atom. The summed E-state index contributed by atoms with van der Waals surface area (Å²) in [7, 11) is -1.55. The maximum atomic E-state index is 12.3. The molecule has 34 heavy (non-hydrogen) atoms. The summed E-state index contributed by atoms with van der Waals surface area (Å²) in [6.45, 7) is 2.56. The molecule has 0 saturated carbocycles. The maximum absolute atomic E-state index is 12.3. The Morgan fingerprint density at radius 2 is 1.71 bits per heavy atom. The van der Waals surface area contributed by atoms with Crippen molar-refractivity contribution in [2.75, 3.05) is 19.6 Å². The number of likely N-dealkylation sites (tertiary alicyclic amines) is 1. The monoisotopic (exact) mass is 640 g/mol. The standard InChI is InChI=1S/C23H32BN5O4.Re/c30-22(27-16-23(31)29-15-7-10-21(29)24(32)33)11-3-6-14-28(17-19-8-1-4-12-25-19)18-20-9-2-5-13-26-20;/h1-2,4-5,8-9,12-13,21,32-33H,3,6-7,10-11,14-18H2,(H,27,30);. The van der Waals surface area contributed by atoms with Crippen molar-refractivity contribution in [1.82, 2.24) is 25.1 Å². The number of carbonyl (C=O) groups is 2. The van der Waals surface area contributed by atoms with Gasteiger partial charge >= 0.3 is 7.12 Å². The van der Waals surface area contributed by atoms with Crippen LogP contribution < -0.4 is 5.32 Å². The van der Waals surface area contributed by atoms with Gasteiger partial charge in [-0.25, -0.2) is 0 Å². The first-order valence-electron chi connectivity index (χ1n) is 11.5. The van der Waals surface area contributed by atoms with Gasteiger partial charge in [0.2, 0.25) is 11.8 Å². The molecule has 1 fully saturated rings. The van der Waals surface area contributed by atoms with Crippen LogP contribution in [0.25, 0.3) is 0 Å². The average Bonchev–Trinajstić information content (AvgIpc) is 3.32. The van der Waals surface area contributed by atoms with Gasteiger partial charge in [-0.2, -0.15) is 0 Å². The summed E-state index contributed by atoms with van der Waals surface area (Å²) in [5.74, 6) is -1.04. The number of nitrogens with one attached hydrogen (secondary N) is 1. The summed E-state index contributed by atoms with van der Waals surface area (Å²) in [6.07, 6.45) is 6.71. The van der Waals surface area contributed by atoms with Gasteiger partial charge in [0.25, 0.3) is 0 Å². The topological polar surface area (TPSA) is 119 Å². The predicted octanol–water partition coefficient (Wildman–Crippen LogP) is 0.766. The molecule has 0 spiro atoms. The van der Waals surface area contributed by atoms with Crippen LogP contribution in [0.2, 0.25) is 0 Å². The minimum atomic E-state index is -1.55. The summed E-state index contributed by atoms with van der Waals surface area (Å²) in [4.78, 5) is 37.0. The van der Waals surface area contributed by atoms with Crippen LogP contribution in [0.5, 0.6) is 0 Å². The Labute approximate surface area is 214 Å². The molecule has 3 rings (SSSR count). The summed E-state index contributed by atoms with van der Waals surface area (Å²) in [5, 5.41) is 21.4. The van der Waals surface area contributed by atoms with E-state index in [0.29, 0.717) is 38.9 Å². The van der Waals surface area contributed by atoms with Crippen molar-refractivity contribution in [1.29, 1.82) is 0 Å². The first-order chi connectivity index (χ1) is 16.0. The van der Waals surface area contributed by atoms with Gasteiger partial charge in [0, 0.05) is 58.9 Å². The van der Waals surface area contributed by atoms with Crippen molar-refractivity contribution in [3.05, 3.63) is 60.2 Å². The molecule has 1 aliphatic rings. The van der Waals surface area contributed by atoms with E-state index in [4.69, 9.17) is 0 Å². The number of carbonyl (C=O) groups excluding carboxylic acids is 2.